The number of rotatable bonds is 6. The number of aryl methyl sites for hydroxylation is 1. The Bertz CT molecular complexity index is 508. The van der Waals surface area contributed by atoms with E-state index in [9.17, 15) is 9.59 Å². The number of hydrogen-bond donors (Lipinski definition) is 2. The van der Waals surface area contributed by atoms with E-state index < -0.39 is 5.97 Å². The van der Waals surface area contributed by atoms with E-state index in [1.807, 2.05) is 6.92 Å². The number of nitrogens with zero attached hydrogens (tertiary/aromatic N) is 1. The second-order valence-electron chi connectivity index (χ2n) is 3.91. The smallest absolute Gasteiger partial charge is 0.328 e. The van der Waals surface area contributed by atoms with E-state index in [0.717, 1.165) is 30.2 Å². The first-order chi connectivity index (χ1) is 8.51. The van der Waals surface area contributed by atoms with Crippen LogP contribution in [0.15, 0.2) is 27.7 Å². The summed E-state index contributed by atoms with van der Waals surface area (Å²) in [6, 6.07) is 1.49. The third-order valence-electron chi connectivity index (χ3n) is 2.09. The first-order valence-electron chi connectivity index (χ1n) is 5.64. The van der Waals surface area contributed by atoms with Gasteiger partial charge < -0.3 is 10.1 Å². The minimum Gasteiger partial charge on any atom is -0.478 e. The van der Waals surface area contributed by atoms with Crippen molar-refractivity contribution in [1.82, 2.24) is 9.97 Å². The molecule has 0 radical (unpaired) electrons. The van der Waals surface area contributed by atoms with E-state index in [-0.39, 0.29) is 5.56 Å². The molecule has 0 spiro atoms. The first kappa shape index (κ1) is 14.5. The zero-order valence-corrected chi connectivity index (χ0v) is 11.2. The van der Waals surface area contributed by atoms with Crippen LogP contribution in [-0.4, -0.2) is 26.8 Å². The van der Waals surface area contributed by atoms with Crippen molar-refractivity contribution in [3.8, 4) is 0 Å². The third kappa shape index (κ3) is 5.18. The number of carboxylic acid groups (broad SMARTS) is 1. The Kier molecular flexibility index (Phi) is 5.64. The van der Waals surface area contributed by atoms with Crippen molar-refractivity contribution < 1.29 is 9.90 Å². The fraction of sp³-hybridized carbons (Fsp3) is 0.417. The van der Waals surface area contributed by atoms with Crippen LogP contribution in [0.3, 0.4) is 0 Å². The molecule has 98 valence electrons. The van der Waals surface area contributed by atoms with Gasteiger partial charge in [-0.15, -0.1) is 0 Å². The summed E-state index contributed by atoms with van der Waals surface area (Å²) in [6.45, 7) is 3.75. The predicted octanol–water partition coefficient (Wildman–Crippen LogP) is 1.85. The summed E-state index contributed by atoms with van der Waals surface area (Å²) in [5, 5.41) is 9.11. The van der Waals surface area contributed by atoms with Crippen molar-refractivity contribution in [2.75, 3.05) is 5.75 Å². The Morgan fingerprint density at radius 1 is 1.61 bits per heavy atom. The standard InChI is InChI=1S/C12H16N2O3S/c1-3-4-9-6-10(15)14-12(13-9)18-7-8(2)5-11(16)17/h5-6H,3-4,7H2,1-2H3,(H,16,17)(H,13,14,15). The summed E-state index contributed by atoms with van der Waals surface area (Å²) in [5.41, 5.74) is 1.32. The second-order valence-corrected chi connectivity index (χ2v) is 4.87. The molecular weight excluding hydrogens is 252 g/mol. The molecule has 2 N–H and O–H groups in total. The first-order valence-corrected chi connectivity index (χ1v) is 6.63. The van der Waals surface area contributed by atoms with Crippen molar-refractivity contribution in [3.05, 3.63) is 33.8 Å². The lowest BCUT2D eigenvalue weighted by atomic mass is 10.2. The number of aliphatic carboxylic acids is 1. The zero-order chi connectivity index (χ0) is 13.5. The highest BCUT2D eigenvalue weighted by molar-refractivity contribution is 7.99. The molecule has 1 rings (SSSR count). The molecule has 1 aromatic rings. The molecular formula is C12H16N2O3S. The Hall–Kier alpha value is -1.56. The highest BCUT2D eigenvalue weighted by Crippen LogP contribution is 2.15. The maximum absolute atomic E-state index is 11.4. The summed E-state index contributed by atoms with van der Waals surface area (Å²) in [4.78, 5) is 28.8. The van der Waals surface area contributed by atoms with Gasteiger partial charge in [0.25, 0.3) is 5.56 Å². The highest BCUT2D eigenvalue weighted by Gasteiger charge is 2.03. The Balaban J connectivity index is 2.73. The second kappa shape index (κ2) is 7.00. The quantitative estimate of drug-likeness (QED) is 0.467. The number of nitrogens with one attached hydrogen (secondary N) is 1. The third-order valence-corrected chi connectivity index (χ3v) is 3.15. The van der Waals surface area contributed by atoms with Crippen LogP contribution in [0.5, 0.6) is 0 Å². The van der Waals surface area contributed by atoms with E-state index in [1.165, 1.54) is 17.8 Å². The van der Waals surface area contributed by atoms with Gasteiger partial charge in [0.15, 0.2) is 5.16 Å². The summed E-state index contributed by atoms with van der Waals surface area (Å²) in [5.74, 6) is -0.473. The maximum atomic E-state index is 11.4. The summed E-state index contributed by atoms with van der Waals surface area (Å²) in [7, 11) is 0. The molecule has 6 heteroatoms. The number of thioether (sulfide) groups is 1. The molecule has 0 aliphatic rings. The minimum atomic E-state index is -0.964. The SMILES string of the molecule is CCCc1cc(=O)[nH]c(SCC(C)=CC(=O)O)n1. The van der Waals surface area contributed by atoms with Crippen LogP contribution < -0.4 is 5.56 Å². The van der Waals surface area contributed by atoms with Gasteiger partial charge >= 0.3 is 5.97 Å². The van der Waals surface area contributed by atoms with Gasteiger partial charge in [-0.1, -0.05) is 30.7 Å². The van der Waals surface area contributed by atoms with Gasteiger partial charge in [-0.3, -0.25) is 4.79 Å². The normalized spacial score (nSPS) is 11.6. The molecule has 0 aromatic carbocycles. The average Bonchev–Trinajstić information content (AvgIpc) is 2.25. The Morgan fingerprint density at radius 3 is 2.94 bits per heavy atom. The van der Waals surface area contributed by atoms with Crippen molar-refractivity contribution in [2.45, 2.75) is 31.8 Å². The molecule has 0 saturated carbocycles. The molecule has 5 nitrogen and oxygen atoms in total. The summed E-state index contributed by atoms with van der Waals surface area (Å²) in [6.07, 6.45) is 2.85. The molecule has 0 fully saturated rings. The van der Waals surface area contributed by atoms with Crippen LogP contribution >= 0.6 is 11.8 Å². The van der Waals surface area contributed by atoms with E-state index >= 15 is 0 Å². The minimum absolute atomic E-state index is 0.171. The van der Waals surface area contributed by atoms with Crippen LogP contribution in [-0.2, 0) is 11.2 Å². The fourth-order valence-electron chi connectivity index (χ4n) is 1.37. The van der Waals surface area contributed by atoms with Crippen LogP contribution in [0, 0.1) is 0 Å². The molecule has 0 amide bonds. The molecule has 0 bridgehead atoms. The van der Waals surface area contributed by atoms with Gasteiger partial charge in [-0.25, -0.2) is 9.78 Å². The maximum Gasteiger partial charge on any atom is 0.328 e. The van der Waals surface area contributed by atoms with Gasteiger partial charge in [-0.05, 0) is 13.3 Å². The molecule has 0 unspecified atom stereocenters. The molecule has 18 heavy (non-hydrogen) atoms. The van der Waals surface area contributed by atoms with Gasteiger partial charge in [0, 0.05) is 23.6 Å². The Morgan fingerprint density at radius 2 is 2.33 bits per heavy atom. The lowest BCUT2D eigenvalue weighted by Crippen LogP contribution is -2.10. The number of carbonyl (C=O) groups is 1. The number of aromatic nitrogens is 2. The van der Waals surface area contributed by atoms with Crippen molar-refractivity contribution in [3.63, 3.8) is 0 Å². The molecule has 0 saturated heterocycles. The molecule has 0 atom stereocenters. The van der Waals surface area contributed by atoms with Crippen LogP contribution in [0.4, 0.5) is 0 Å². The van der Waals surface area contributed by atoms with Crippen molar-refractivity contribution in [2.24, 2.45) is 0 Å². The number of aromatic amines is 1. The van der Waals surface area contributed by atoms with Crippen molar-refractivity contribution >= 4 is 17.7 Å². The Labute approximate surface area is 109 Å². The molecule has 0 aliphatic heterocycles. The van der Waals surface area contributed by atoms with Crippen LogP contribution in [0.1, 0.15) is 26.0 Å². The zero-order valence-electron chi connectivity index (χ0n) is 10.4. The van der Waals surface area contributed by atoms with Crippen molar-refractivity contribution in [1.29, 1.82) is 0 Å². The summed E-state index contributed by atoms with van der Waals surface area (Å²) >= 11 is 1.33. The summed E-state index contributed by atoms with van der Waals surface area (Å²) < 4.78 is 0. The van der Waals surface area contributed by atoms with Gasteiger partial charge in [0.1, 0.15) is 0 Å². The highest BCUT2D eigenvalue weighted by atomic mass is 32.2. The van der Waals surface area contributed by atoms with Gasteiger partial charge in [0.2, 0.25) is 0 Å². The van der Waals surface area contributed by atoms with Crippen LogP contribution in [0.25, 0.3) is 0 Å². The topological polar surface area (TPSA) is 83.0 Å². The average molecular weight is 268 g/mol. The number of H-pyrrole nitrogens is 1. The molecule has 1 aromatic heterocycles. The number of hydrogen-bond acceptors (Lipinski definition) is 4. The number of carboxylic acids is 1. The van der Waals surface area contributed by atoms with Crippen LogP contribution in [0.2, 0.25) is 0 Å². The van der Waals surface area contributed by atoms with E-state index in [0.29, 0.717) is 10.9 Å². The van der Waals surface area contributed by atoms with E-state index in [4.69, 9.17) is 5.11 Å². The largest absolute Gasteiger partial charge is 0.478 e. The lowest BCUT2D eigenvalue weighted by molar-refractivity contribution is -0.131. The predicted molar refractivity (Wildman–Crippen MR) is 71.0 cm³/mol. The van der Waals surface area contributed by atoms with Gasteiger partial charge in [-0.2, -0.15) is 0 Å². The fourth-order valence-corrected chi connectivity index (χ4v) is 2.17. The molecule has 0 aliphatic carbocycles. The van der Waals surface area contributed by atoms with Gasteiger partial charge in [0.05, 0.1) is 0 Å². The van der Waals surface area contributed by atoms with E-state index in [2.05, 4.69) is 9.97 Å². The lowest BCUT2D eigenvalue weighted by Gasteiger charge is -2.03. The monoisotopic (exact) mass is 268 g/mol. The molecule has 1 heterocycles. The van der Waals surface area contributed by atoms with E-state index in [1.54, 1.807) is 6.92 Å².